The molecule has 2 aromatic rings. The monoisotopic (exact) mass is 278 g/mol. The third-order valence-electron chi connectivity index (χ3n) is 3.67. The van der Waals surface area contributed by atoms with E-state index < -0.39 is 0 Å². The molecule has 104 valence electrons. The Hall–Kier alpha value is -2.82. The third kappa shape index (κ3) is 2.03. The van der Waals surface area contributed by atoms with E-state index in [0.717, 1.165) is 39.9 Å². The fraction of sp³-hybridized carbons (Fsp3) is 0.125. The maximum atomic E-state index is 5.19. The minimum absolute atomic E-state index is 0.791. The first kappa shape index (κ1) is 12.0. The van der Waals surface area contributed by atoms with Crippen LogP contribution in [0.4, 0.5) is 17.1 Å². The van der Waals surface area contributed by atoms with Crippen molar-refractivity contribution in [2.75, 3.05) is 24.1 Å². The molecule has 0 unspecified atom stereocenters. The van der Waals surface area contributed by atoms with E-state index in [1.807, 2.05) is 30.3 Å². The van der Waals surface area contributed by atoms with Crippen LogP contribution < -0.4 is 25.7 Å². The van der Waals surface area contributed by atoms with E-state index in [2.05, 4.69) is 32.6 Å². The van der Waals surface area contributed by atoms with Crippen molar-refractivity contribution in [1.29, 1.82) is 0 Å². The van der Waals surface area contributed by atoms with Gasteiger partial charge in [-0.05, 0) is 41.6 Å². The lowest BCUT2D eigenvalue weighted by Crippen LogP contribution is -2.37. The molecule has 2 aromatic carbocycles. The quantitative estimate of drug-likeness (QED) is 0.908. The SMILES string of the molecule is COc1ccc(N2CC=c3cc4c(cc3N2)=NC=N4)cc1. The average Bonchev–Trinajstić information content (AvgIpc) is 2.99. The molecule has 0 amide bonds. The van der Waals surface area contributed by atoms with Gasteiger partial charge in [0.15, 0.2) is 0 Å². The second-order valence-corrected chi connectivity index (χ2v) is 4.93. The predicted molar refractivity (Wildman–Crippen MR) is 83.8 cm³/mol. The van der Waals surface area contributed by atoms with Crippen LogP contribution in [0.3, 0.4) is 0 Å². The number of hydrogen-bond donors (Lipinski definition) is 1. The Balaban J connectivity index is 1.68. The van der Waals surface area contributed by atoms with Crippen molar-refractivity contribution in [3.8, 4) is 5.75 Å². The molecule has 4 rings (SSSR count). The Morgan fingerprint density at radius 1 is 1.19 bits per heavy atom. The average molecular weight is 278 g/mol. The van der Waals surface area contributed by atoms with E-state index >= 15 is 0 Å². The molecule has 0 aromatic heterocycles. The normalized spacial score (nSPS) is 14.6. The van der Waals surface area contributed by atoms with Gasteiger partial charge in [-0.2, -0.15) is 0 Å². The van der Waals surface area contributed by atoms with Gasteiger partial charge in [-0.3, -0.25) is 10.4 Å². The van der Waals surface area contributed by atoms with Crippen molar-refractivity contribution in [1.82, 2.24) is 0 Å². The number of nitrogens with zero attached hydrogens (tertiary/aromatic N) is 3. The van der Waals surface area contributed by atoms with Gasteiger partial charge >= 0.3 is 0 Å². The predicted octanol–water partition coefficient (Wildman–Crippen LogP) is 1.62. The first-order valence-corrected chi connectivity index (χ1v) is 6.76. The second-order valence-electron chi connectivity index (χ2n) is 4.93. The van der Waals surface area contributed by atoms with Crippen molar-refractivity contribution >= 4 is 29.5 Å². The number of fused-ring (bicyclic) bond motifs is 2. The maximum Gasteiger partial charge on any atom is 0.119 e. The van der Waals surface area contributed by atoms with E-state index in [1.54, 1.807) is 13.4 Å². The molecule has 0 radical (unpaired) electrons. The molecule has 0 fully saturated rings. The highest BCUT2D eigenvalue weighted by molar-refractivity contribution is 5.71. The summed E-state index contributed by atoms with van der Waals surface area (Å²) in [5.41, 5.74) is 6.50. The number of hydrogen-bond acceptors (Lipinski definition) is 5. The zero-order chi connectivity index (χ0) is 14.2. The van der Waals surface area contributed by atoms with E-state index in [0.29, 0.717) is 0 Å². The smallest absolute Gasteiger partial charge is 0.119 e. The third-order valence-corrected chi connectivity index (χ3v) is 3.67. The Morgan fingerprint density at radius 3 is 2.86 bits per heavy atom. The minimum Gasteiger partial charge on any atom is -0.497 e. The van der Waals surface area contributed by atoms with E-state index in [-0.39, 0.29) is 0 Å². The van der Waals surface area contributed by atoms with Crippen LogP contribution in [0.25, 0.3) is 6.08 Å². The molecule has 21 heavy (non-hydrogen) atoms. The summed E-state index contributed by atoms with van der Waals surface area (Å²) in [6.45, 7) is 0.791. The zero-order valence-corrected chi connectivity index (χ0v) is 11.6. The van der Waals surface area contributed by atoms with Crippen molar-refractivity contribution in [2.45, 2.75) is 0 Å². The number of methoxy groups -OCH3 is 1. The lowest BCUT2D eigenvalue weighted by molar-refractivity contribution is 0.415. The summed E-state index contributed by atoms with van der Waals surface area (Å²) in [7, 11) is 1.67. The zero-order valence-electron chi connectivity index (χ0n) is 11.6. The Bertz CT molecular complexity index is 840. The molecule has 2 aliphatic heterocycles. The van der Waals surface area contributed by atoms with Crippen LogP contribution >= 0.6 is 0 Å². The largest absolute Gasteiger partial charge is 0.497 e. The van der Waals surface area contributed by atoms with Gasteiger partial charge < -0.3 is 4.74 Å². The lowest BCUT2D eigenvalue weighted by atomic mass is 10.2. The summed E-state index contributed by atoms with van der Waals surface area (Å²) in [5, 5.41) is 4.16. The van der Waals surface area contributed by atoms with Gasteiger partial charge in [-0.15, -0.1) is 0 Å². The van der Waals surface area contributed by atoms with Gasteiger partial charge in [0.2, 0.25) is 0 Å². The van der Waals surface area contributed by atoms with Gasteiger partial charge in [0, 0.05) is 0 Å². The second kappa shape index (κ2) is 4.63. The molecule has 0 bridgehead atoms. The maximum absolute atomic E-state index is 5.19. The number of nitrogens with one attached hydrogen (secondary N) is 1. The van der Waals surface area contributed by atoms with Gasteiger partial charge in [0.1, 0.15) is 12.1 Å². The van der Waals surface area contributed by atoms with Crippen LogP contribution in [-0.2, 0) is 0 Å². The van der Waals surface area contributed by atoms with Crippen LogP contribution in [0.5, 0.6) is 5.75 Å². The molecule has 5 heteroatoms. The summed E-state index contributed by atoms with van der Waals surface area (Å²) in [6, 6.07) is 12.1. The molecule has 0 spiro atoms. The molecular weight excluding hydrogens is 264 g/mol. The number of aliphatic imine (C=N–C) groups is 1. The number of benzene rings is 2. The Kier molecular flexibility index (Phi) is 2.64. The highest BCUT2D eigenvalue weighted by Gasteiger charge is 2.13. The topological polar surface area (TPSA) is 49.2 Å². The summed E-state index contributed by atoms with van der Waals surface area (Å²) >= 11 is 0. The van der Waals surface area contributed by atoms with Gasteiger partial charge in [-0.25, -0.2) is 9.98 Å². The molecule has 2 heterocycles. The molecule has 0 saturated heterocycles. The number of rotatable bonds is 2. The number of ether oxygens (including phenoxy) is 1. The first-order valence-electron chi connectivity index (χ1n) is 6.76. The van der Waals surface area contributed by atoms with Gasteiger partial charge in [0.25, 0.3) is 0 Å². The van der Waals surface area contributed by atoms with Crippen LogP contribution in [0, 0.1) is 0 Å². The van der Waals surface area contributed by atoms with Crippen molar-refractivity contribution in [2.24, 2.45) is 9.98 Å². The summed E-state index contributed by atoms with van der Waals surface area (Å²) < 4.78 is 5.19. The van der Waals surface area contributed by atoms with E-state index in [9.17, 15) is 0 Å². The molecule has 1 N–H and O–H groups in total. The summed E-state index contributed by atoms with van der Waals surface area (Å²) in [4.78, 5) is 8.48. The van der Waals surface area contributed by atoms with E-state index in [4.69, 9.17) is 4.74 Å². The van der Waals surface area contributed by atoms with Crippen molar-refractivity contribution in [3.05, 3.63) is 47.0 Å². The standard InChI is InChI=1S/C16H14N4O/c1-21-13-4-2-12(3-5-13)20-7-6-11-8-15-16(18-10-17-15)9-14(11)19-20/h2-6,8-10,19H,7H2,1H3. The number of anilines is 2. The van der Waals surface area contributed by atoms with Crippen molar-refractivity contribution < 1.29 is 4.74 Å². The van der Waals surface area contributed by atoms with Crippen molar-refractivity contribution in [3.63, 3.8) is 0 Å². The first-order chi connectivity index (χ1) is 10.3. The summed E-state index contributed by atoms with van der Waals surface area (Å²) in [6.07, 6.45) is 3.78. The Labute approximate surface area is 121 Å². The number of hydrazine groups is 1. The highest BCUT2D eigenvalue weighted by atomic mass is 16.5. The molecular formula is C16H14N4O. The van der Waals surface area contributed by atoms with Crippen LogP contribution in [0.1, 0.15) is 0 Å². The highest BCUT2D eigenvalue weighted by Crippen LogP contribution is 2.21. The van der Waals surface area contributed by atoms with Gasteiger partial charge in [-0.1, -0.05) is 6.08 Å². The molecule has 0 atom stereocenters. The van der Waals surface area contributed by atoms with E-state index in [1.165, 1.54) is 0 Å². The summed E-state index contributed by atoms with van der Waals surface area (Å²) in [5.74, 6) is 0.855. The Morgan fingerprint density at radius 2 is 2.05 bits per heavy atom. The van der Waals surface area contributed by atoms with Crippen LogP contribution in [0.2, 0.25) is 0 Å². The molecule has 5 nitrogen and oxygen atoms in total. The fourth-order valence-electron chi connectivity index (χ4n) is 2.53. The minimum atomic E-state index is 0.791. The fourth-order valence-corrected chi connectivity index (χ4v) is 2.53. The van der Waals surface area contributed by atoms with Crippen LogP contribution in [0.15, 0.2) is 46.4 Å². The van der Waals surface area contributed by atoms with Crippen LogP contribution in [-0.4, -0.2) is 20.0 Å². The molecule has 0 aliphatic carbocycles. The van der Waals surface area contributed by atoms with Gasteiger partial charge in [0.05, 0.1) is 36.1 Å². The lowest BCUT2D eigenvalue weighted by Gasteiger charge is -2.28. The molecule has 0 saturated carbocycles. The molecule has 2 aliphatic rings.